The van der Waals surface area contributed by atoms with Crippen LogP contribution in [0.25, 0.3) is 0 Å². The van der Waals surface area contributed by atoms with Crippen molar-refractivity contribution in [1.29, 1.82) is 0 Å². The number of unbranched alkanes of at least 4 members (excludes halogenated alkanes) is 7. The van der Waals surface area contributed by atoms with Crippen molar-refractivity contribution in [3.8, 4) is 0 Å². The number of hydrogen-bond acceptors (Lipinski definition) is 0. The molecule has 0 aliphatic heterocycles. The zero-order chi connectivity index (χ0) is 14.4. The van der Waals surface area contributed by atoms with E-state index in [1.807, 2.05) is 0 Å². The van der Waals surface area contributed by atoms with E-state index < -0.39 is 7.26 Å². The SMILES string of the molecule is CCCCCCCC[P+](CC)(CCCC)CCCC. The van der Waals surface area contributed by atoms with Gasteiger partial charge in [0.25, 0.3) is 0 Å². The third-order valence-electron chi connectivity index (χ3n) is 4.63. The lowest BCUT2D eigenvalue weighted by Crippen LogP contribution is -2.11. The third-order valence-corrected chi connectivity index (χ3v) is 9.77. The second-order valence-electron chi connectivity index (χ2n) is 6.30. The van der Waals surface area contributed by atoms with Crippen LogP contribution < -0.4 is 0 Å². The first-order valence-electron chi connectivity index (χ1n) is 9.09. The molecule has 0 aromatic heterocycles. The second kappa shape index (κ2) is 13.4. The molecule has 0 radical (unpaired) electrons. The minimum absolute atomic E-state index is 0.566. The highest BCUT2D eigenvalue weighted by Gasteiger charge is 2.32. The molecule has 0 nitrogen and oxygen atoms in total. The molecule has 0 rings (SSSR count). The van der Waals surface area contributed by atoms with Crippen molar-refractivity contribution in [2.45, 2.75) is 91.9 Å². The summed E-state index contributed by atoms with van der Waals surface area (Å²) in [6.07, 6.45) is 20.9. The van der Waals surface area contributed by atoms with Crippen LogP contribution >= 0.6 is 7.26 Å². The number of rotatable bonds is 14. The minimum atomic E-state index is -0.566. The first-order valence-corrected chi connectivity index (χ1v) is 11.6. The fourth-order valence-electron chi connectivity index (χ4n) is 3.02. The lowest BCUT2D eigenvalue weighted by Gasteiger charge is -2.26. The van der Waals surface area contributed by atoms with E-state index in [4.69, 9.17) is 0 Å². The Morgan fingerprint density at radius 3 is 1.37 bits per heavy atom. The monoisotopic (exact) mass is 287 g/mol. The smallest absolute Gasteiger partial charge is 0.0594 e. The molecular weight excluding hydrogens is 247 g/mol. The van der Waals surface area contributed by atoms with Crippen LogP contribution in [0.1, 0.15) is 91.9 Å². The standard InChI is InChI=1S/C18H40P/c1-5-9-12-13-14-15-18-19(8-4,16-10-6-2)17-11-7-3/h5-18H2,1-4H3/q+1. The molecule has 0 fully saturated rings. The van der Waals surface area contributed by atoms with Gasteiger partial charge in [0.1, 0.15) is 0 Å². The molecule has 0 aromatic carbocycles. The lowest BCUT2D eigenvalue weighted by atomic mass is 10.1. The zero-order valence-electron chi connectivity index (χ0n) is 14.3. The van der Waals surface area contributed by atoms with Gasteiger partial charge < -0.3 is 0 Å². The Morgan fingerprint density at radius 1 is 0.474 bits per heavy atom. The van der Waals surface area contributed by atoms with Gasteiger partial charge >= 0.3 is 0 Å². The summed E-state index contributed by atoms with van der Waals surface area (Å²) < 4.78 is 0. The molecule has 0 unspecified atom stereocenters. The van der Waals surface area contributed by atoms with E-state index in [1.54, 1.807) is 18.5 Å². The summed E-state index contributed by atoms with van der Waals surface area (Å²) in [5.41, 5.74) is 0. The fraction of sp³-hybridized carbons (Fsp3) is 1.00. The Hall–Kier alpha value is 0.430. The first-order chi connectivity index (χ1) is 9.24. The van der Waals surface area contributed by atoms with Gasteiger partial charge in [-0.05, 0) is 32.6 Å². The molecule has 116 valence electrons. The maximum Gasteiger partial charge on any atom is 0.0594 e. The van der Waals surface area contributed by atoms with Crippen LogP contribution in [-0.4, -0.2) is 24.6 Å². The molecule has 0 saturated heterocycles. The Kier molecular flexibility index (Phi) is 13.7. The summed E-state index contributed by atoms with van der Waals surface area (Å²) in [5, 5.41) is 0. The van der Waals surface area contributed by atoms with Crippen LogP contribution in [0.5, 0.6) is 0 Å². The predicted octanol–water partition coefficient (Wildman–Crippen LogP) is 6.98. The molecule has 19 heavy (non-hydrogen) atoms. The summed E-state index contributed by atoms with van der Waals surface area (Å²) in [4.78, 5) is 0. The summed E-state index contributed by atoms with van der Waals surface area (Å²) in [6, 6.07) is 0. The quantitative estimate of drug-likeness (QED) is 0.239. The highest BCUT2D eigenvalue weighted by molar-refractivity contribution is 7.75. The van der Waals surface area contributed by atoms with E-state index in [2.05, 4.69) is 27.7 Å². The molecule has 0 amide bonds. The van der Waals surface area contributed by atoms with E-state index >= 15 is 0 Å². The van der Waals surface area contributed by atoms with Gasteiger partial charge in [0, 0.05) is 7.26 Å². The molecule has 0 aromatic rings. The van der Waals surface area contributed by atoms with Crippen LogP contribution in [0, 0.1) is 0 Å². The van der Waals surface area contributed by atoms with Crippen molar-refractivity contribution in [3.05, 3.63) is 0 Å². The maximum atomic E-state index is 2.48. The Morgan fingerprint density at radius 2 is 0.895 bits per heavy atom. The predicted molar refractivity (Wildman–Crippen MR) is 95.3 cm³/mol. The van der Waals surface area contributed by atoms with Crippen molar-refractivity contribution < 1.29 is 0 Å². The van der Waals surface area contributed by atoms with Gasteiger partial charge in [-0.3, -0.25) is 0 Å². The van der Waals surface area contributed by atoms with Crippen molar-refractivity contribution in [2.24, 2.45) is 0 Å². The largest absolute Gasteiger partial charge is 0.0654 e. The van der Waals surface area contributed by atoms with Gasteiger partial charge in [-0.2, -0.15) is 0 Å². The Bertz CT molecular complexity index is 169. The van der Waals surface area contributed by atoms with Crippen molar-refractivity contribution in [1.82, 2.24) is 0 Å². The molecule has 0 bridgehead atoms. The highest BCUT2D eigenvalue weighted by Crippen LogP contribution is 2.60. The summed E-state index contributed by atoms with van der Waals surface area (Å²) in [5.74, 6) is 0. The maximum absolute atomic E-state index is 2.48. The van der Waals surface area contributed by atoms with Crippen LogP contribution in [0.2, 0.25) is 0 Å². The van der Waals surface area contributed by atoms with Gasteiger partial charge in [0.2, 0.25) is 0 Å². The van der Waals surface area contributed by atoms with Gasteiger partial charge in [-0.15, -0.1) is 0 Å². The second-order valence-corrected chi connectivity index (χ2v) is 11.0. The summed E-state index contributed by atoms with van der Waals surface area (Å²) >= 11 is 0. The van der Waals surface area contributed by atoms with Gasteiger partial charge in [-0.1, -0.05) is 59.3 Å². The van der Waals surface area contributed by atoms with Crippen molar-refractivity contribution >= 4 is 7.26 Å². The van der Waals surface area contributed by atoms with E-state index in [9.17, 15) is 0 Å². The first kappa shape index (κ1) is 19.4. The van der Waals surface area contributed by atoms with Crippen LogP contribution in [0.15, 0.2) is 0 Å². The fourth-order valence-corrected chi connectivity index (χ4v) is 7.51. The molecule has 1 heteroatoms. The van der Waals surface area contributed by atoms with E-state index in [0.29, 0.717) is 0 Å². The van der Waals surface area contributed by atoms with E-state index in [-0.39, 0.29) is 0 Å². The Balaban J connectivity index is 4.00. The highest BCUT2D eigenvalue weighted by atomic mass is 31.2. The molecule has 0 heterocycles. The minimum Gasteiger partial charge on any atom is -0.0654 e. The van der Waals surface area contributed by atoms with Crippen molar-refractivity contribution in [3.63, 3.8) is 0 Å². The Labute approximate surface area is 124 Å². The number of hydrogen-bond donors (Lipinski definition) is 0. The van der Waals surface area contributed by atoms with Crippen LogP contribution in [0.4, 0.5) is 0 Å². The molecule has 0 N–H and O–H groups in total. The van der Waals surface area contributed by atoms with Gasteiger partial charge in [-0.25, -0.2) is 0 Å². The van der Waals surface area contributed by atoms with Crippen LogP contribution in [-0.2, 0) is 0 Å². The molecule has 0 aliphatic carbocycles. The van der Waals surface area contributed by atoms with Gasteiger partial charge in [0.15, 0.2) is 0 Å². The lowest BCUT2D eigenvalue weighted by molar-refractivity contribution is 0.625. The van der Waals surface area contributed by atoms with E-state index in [0.717, 1.165) is 0 Å². The van der Waals surface area contributed by atoms with Crippen LogP contribution in [0.3, 0.4) is 0 Å². The molecule has 0 aliphatic rings. The topological polar surface area (TPSA) is 0 Å². The zero-order valence-corrected chi connectivity index (χ0v) is 15.2. The van der Waals surface area contributed by atoms with Crippen molar-refractivity contribution in [2.75, 3.05) is 24.6 Å². The average molecular weight is 287 g/mol. The average Bonchev–Trinajstić information content (AvgIpc) is 2.45. The molecule has 0 spiro atoms. The van der Waals surface area contributed by atoms with Gasteiger partial charge in [0.05, 0.1) is 24.6 Å². The molecule has 0 atom stereocenters. The van der Waals surface area contributed by atoms with E-state index in [1.165, 1.54) is 70.4 Å². The summed E-state index contributed by atoms with van der Waals surface area (Å²) in [6.45, 7) is 9.50. The summed E-state index contributed by atoms with van der Waals surface area (Å²) in [7, 11) is -0.566. The molecule has 0 saturated carbocycles. The normalized spacial score (nSPS) is 12.0. The molecular formula is C18H40P+. The third kappa shape index (κ3) is 9.89.